The Hall–Kier alpha value is -2.36. The van der Waals surface area contributed by atoms with Crippen LogP contribution in [0.25, 0.3) is 0 Å². The van der Waals surface area contributed by atoms with Gasteiger partial charge in [0.2, 0.25) is 10.0 Å². The number of halogens is 1. The van der Waals surface area contributed by atoms with Gasteiger partial charge in [-0.15, -0.1) is 0 Å². The fraction of sp³-hybridized carbons (Fsp3) is 0.438. The monoisotopic (exact) mass is 431 g/mol. The minimum Gasteiger partial charge on any atom is -0.506 e. The standard InChI is InChI=1S/C16H18FN3O6S2/c1-27(23,24)19-8-6-11(7-9-19)2-3-12-4-5-13(21)16(15(12)17)20-10-14(22)18-28(20,25)26/h4-5,11,21H,6-10H2,1H3,(H,18,22). The molecule has 2 N–H and O–H groups in total. The largest absolute Gasteiger partial charge is 0.506 e. The maximum absolute atomic E-state index is 14.8. The summed E-state index contributed by atoms with van der Waals surface area (Å²) in [5.74, 6) is 2.83. The average Bonchev–Trinajstić information content (AvgIpc) is 2.86. The van der Waals surface area contributed by atoms with E-state index in [0.717, 1.165) is 12.3 Å². The molecular weight excluding hydrogens is 413 g/mol. The Morgan fingerprint density at radius 3 is 2.46 bits per heavy atom. The number of aromatic hydroxyl groups is 1. The van der Waals surface area contributed by atoms with E-state index in [2.05, 4.69) is 11.8 Å². The summed E-state index contributed by atoms with van der Waals surface area (Å²) in [5, 5.41) is 9.92. The zero-order valence-corrected chi connectivity index (χ0v) is 16.5. The third-order valence-electron chi connectivity index (χ3n) is 4.50. The maximum Gasteiger partial charge on any atom is 0.326 e. The van der Waals surface area contributed by atoms with Crippen LogP contribution in [-0.2, 0) is 25.0 Å². The fourth-order valence-corrected chi connectivity index (χ4v) is 5.08. The van der Waals surface area contributed by atoms with Crippen LogP contribution in [0.1, 0.15) is 18.4 Å². The van der Waals surface area contributed by atoms with Gasteiger partial charge in [0.05, 0.1) is 11.8 Å². The van der Waals surface area contributed by atoms with Gasteiger partial charge in [-0.2, -0.15) is 8.42 Å². The second-order valence-electron chi connectivity index (χ2n) is 6.54. The predicted molar refractivity (Wildman–Crippen MR) is 98.5 cm³/mol. The van der Waals surface area contributed by atoms with E-state index < -0.39 is 49.9 Å². The molecule has 0 radical (unpaired) electrons. The maximum atomic E-state index is 14.8. The molecule has 2 fully saturated rings. The van der Waals surface area contributed by atoms with Crippen molar-refractivity contribution in [2.75, 3.05) is 30.2 Å². The first-order valence-corrected chi connectivity index (χ1v) is 11.6. The Kier molecular flexibility index (Phi) is 5.26. The highest BCUT2D eigenvalue weighted by Crippen LogP contribution is 2.35. The van der Waals surface area contributed by atoms with E-state index in [1.807, 2.05) is 0 Å². The van der Waals surface area contributed by atoms with Crippen LogP contribution in [0.4, 0.5) is 10.1 Å². The summed E-state index contributed by atoms with van der Waals surface area (Å²) < 4.78 is 65.3. The lowest BCUT2D eigenvalue weighted by Crippen LogP contribution is -2.37. The number of anilines is 1. The van der Waals surface area contributed by atoms with Crippen molar-refractivity contribution in [3.05, 3.63) is 23.5 Å². The lowest BCUT2D eigenvalue weighted by molar-refractivity contribution is -0.117. The first kappa shape index (κ1) is 20.4. The van der Waals surface area contributed by atoms with E-state index in [1.165, 1.54) is 10.4 Å². The molecule has 0 spiro atoms. The van der Waals surface area contributed by atoms with Crippen molar-refractivity contribution in [1.29, 1.82) is 0 Å². The molecule has 2 heterocycles. The Bertz CT molecular complexity index is 1080. The molecular formula is C16H18FN3O6S2. The number of sulfonamides is 1. The summed E-state index contributed by atoms with van der Waals surface area (Å²) >= 11 is 0. The number of rotatable bonds is 2. The molecule has 1 aromatic rings. The smallest absolute Gasteiger partial charge is 0.326 e. The molecule has 0 aliphatic carbocycles. The van der Waals surface area contributed by atoms with E-state index in [-0.39, 0.29) is 11.5 Å². The van der Waals surface area contributed by atoms with Gasteiger partial charge in [0.1, 0.15) is 18.0 Å². The number of phenolic OH excluding ortho intramolecular Hbond substituents is 1. The van der Waals surface area contributed by atoms with Crippen LogP contribution < -0.4 is 9.03 Å². The van der Waals surface area contributed by atoms with Crippen LogP contribution in [0.15, 0.2) is 12.1 Å². The number of nitrogens with one attached hydrogen (secondary N) is 1. The average molecular weight is 431 g/mol. The van der Waals surface area contributed by atoms with Crippen molar-refractivity contribution >= 4 is 31.8 Å². The van der Waals surface area contributed by atoms with Crippen molar-refractivity contribution < 1.29 is 31.1 Å². The van der Waals surface area contributed by atoms with Gasteiger partial charge in [0.15, 0.2) is 5.82 Å². The Morgan fingerprint density at radius 2 is 1.93 bits per heavy atom. The second-order valence-corrected chi connectivity index (χ2v) is 10.1. The molecule has 1 aromatic carbocycles. The molecule has 2 aliphatic heterocycles. The Morgan fingerprint density at radius 1 is 1.29 bits per heavy atom. The summed E-state index contributed by atoms with van der Waals surface area (Å²) in [5.41, 5.74) is -0.773. The zero-order chi connectivity index (χ0) is 20.7. The highest BCUT2D eigenvalue weighted by atomic mass is 32.2. The summed E-state index contributed by atoms with van der Waals surface area (Å²) in [6, 6.07) is 2.32. The molecule has 3 rings (SSSR count). The van der Waals surface area contributed by atoms with Crippen molar-refractivity contribution in [3.63, 3.8) is 0 Å². The first-order chi connectivity index (χ1) is 13.0. The highest BCUT2D eigenvalue weighted by Gasteiger charge is 2.37. The van der Waals surface area contributed by atoms with Gasteiger partial charge in [0.25, 0.3) is 5.91 Å². The van der Waals surface area contributed by atoms with E-state index in [0.29, 0.717) is 30.2 Å². The van der Waals surface area contributed by atoms with Crippen molar-refractivity contribution in [1.82, 2.24) is 9.03 Å². The molecule has 1 amide bonds. The normalized spacial score (nSPS) is 20.5. The summed E-state index contributed by atoms with van der Waals surface area (Å²) in [6.07, 6.45) is 2.12. The molecule has 0 unspecified atom stereocenters. The van der Waals surface area contributed by atoms with Crippen molar-refractivity contribution in [3.8, 4) is 17.6 Å². The quantitative estimate of drug-likeness (QED) is 0.622. The number of nitrogens with zero attached hydrogens (tertiary/aromatic N) is 2. The number of hydrogen-bond donors (Lipinski definition) is 2. The Balaban J connectivity index is 1.85. The molecule has 28 heavy (non-hydrogen) atoms. The fourth-order valence-electron chi connectivity index (χ4n) is 3.05. The molecule has 12 heteroatoms. The number of hydrogen-bond acceptors (Lipinski definition) is 6. The third kappa shape index (κ3) is 4.06. The number of carbonyl (C=O) groups excluding carboxylic acids is 1. The van der Waals surface area contributed by atoms with E-state index in [9.17, 15) is 31.1 Å². The van der Waals surface area contributed by atoms with E-state index in [1.54, 1.807) is 4.72 Å². The van der Waals surface area contributed by atoms with Crippen molar-refractivity contribution in [2.45, 2.75) is 12.8 Å². The van der Waals surface area contributed by atoms with Crippen LogP contribution >= 0.6 is 0 Å². The lowest BCUT2D eigenvalue weighted by atomic mass is 9.98. The molecule has 2 aliphatic rings. The molecule has 2 saturated heterocycles. The predicted octanol–water partition coefficient (Wildman–Crippen LogP) is -0.265. The minimum atomic E-state index is -4.28. The van der Waals surface area contributed by atoms with Crippen LogP contribution in [0.5, 0.6) is 5.75 Å². The number of piperidine rings is 1. The van der Waals surface area contributed by atoms with E-state index in [4.69, 9.17) is 0 Å². The lowest BCUT2D eigenvalue weighted by Gasteiger charge is -2.27. The molecule has 9 nitrogen and oxygen atoms in total. The number of phenols is 1. The van der Waals surface area contributed by atoms with Gasteiger partial charge in [0, 0.05) is 19.0 Å². The van der Waals surface area contributed by atoms with Gasteiger partial charge in [-0.25, -0.2) is 26.1 Å². The molecule has 0 aromatic heterocycles. The van der Waals surface area contributed by atoms with Crippen LogP contribution in [-0.4, -0.2) is 58.0 Å². The highest BCUT2D eigenvalue weighted by molar-refractivity contribution is 7.92. The zero-order valence-electron chi connectivity index (χ0n) is 14.8. The second kappa shape index (κ2) is 7.23. The molecule has 0 bridgehead atoms. The number of carbonyl (C=O) groups is 1. The SMILES string of the molecule is CS(=O)(=O)N1CCC(C#Cc2ccc(O)c(N3CC(=O)NS3(=O)=O)c2F)CC1. The van der Waals surface area contributed by atoms with Gasteiger partial charge < -0.3 is 5.11 Å². The summed E-state index contributed by atoms with van der Waals surface area (Å²) in [7, 11) is -7.54. The minimum absolute atomic E-state index is 0.132. The summed E-state index contributed by atoms with van der Waals surface area (Å²) in [6.45, 7) is -0.00374. The molecule has 0 saturated carbocycles. The van der Waals surface area contributed by atoms with Crippen LogP contribution in [0.3, 0.4) is 0 Å². The molecule has 0 atom stereocenters. The van der Waals surface area contributed by atoms with E-state index >= 15 is 0 Å². The topological polar surface area (TPSA) is 124 Å². The van der Waals surface area contributed by atoms with Gasteiger partial charge in [-0.05, 0) is 25.0 Å². The van der Waals surface area contributed by atoms with Crippen LogP contribution in [0, 0.1) is 23.6 Å². The van der Waals surface area contributed by atoms with Gasteiger partial charge in [-0.3, -0.25) is 4.79 Å². The van der Waals surface area contributed by atoms with Gasteiger partial charge >= 0.3 is 10.2 Å². The first-order valence-electron chi connectivity index (χ1n) is 8.30. The summed E-state index contributed by atoms with van der Waals surface area (Å²) in [4.78, 5) is 11.4. The molecule has 152 valence electrons. The number of benzene rings is 1. The van der Waals surface area contributed by atoms with Crippen LogP contribution in [0.2, 0.25) is 0 Å². The van der Waals surface area contributed by atoms with Crippen molar-refractivity contribution in [2.24, 2.45) is 5.92 Å². The third-order valence-corrected chi connectivity index (χ3v) is 7.18. The van der Waals surface area contributed by atoms with Gasteiger partial charge in [-0.1, -0.05) is 11.8 Å². The number of amides is 1. The Labute approximate surface area is 162 Å².